The molecule has 0 N–H and O–H groups in total. The Morgan fingerprint density at radius 2 is 1.60 bits per heavy atom. The number of ether oxygens (including phenoxy) is 3. The molecule has 0 bridgehead atoms. The van der Waals surface area contributed by atoms with Crippen LogP contribution in [0.15, 0.2) is 40.9 Å². The smallest absolute Gasteiger partial charge is 0.161 e. The van der Waals surface area contributed by atoms with Crippen molar-refractivity contribution in [2.75, 3.05) is 14.2 Å². The van der Waals surface area contributed by atoms with Gasteiger partial charge in [-0.25, -0.2) is 0 Å². The second kappa shape index (κ2) is 6.66. The largest absolute Gasteiger partial charge is 0.496 e. The molecule has 0 aromatic heterocycles. The average Bonchev–Trinajstić information content (AvgIpc) is 2.46. The highest BCUT2D eigenvalue weighted by atomic mass is 79.9. The van der Waals surface area contributed by atoms with E-state index in [9.17, 15) is 0 Å². The number of benzene rings is 2. The van der Waals surface area contributed by atoms with Gasteiger partial charge in [-0.15, -0.1) is 0 Å². The Bertz CT molecular complexity index is 596. The third-order valence-corrected chi connectivity index (χ3v) is 3.55. The molecular formula is C16H17BrO3. The summed E-state index contributed by atoms with van der Waals surface area (Å²) in [7, 11) is 3.29. The molecule has 0 aliphatic heterocycles. The van der Waals surface area contributed by atoms with E-state index in [1.165, 1.54) is 0 Å². The van der Waals surface area contributed by atoms with E-state index in [0.29, 0.717) is 6.61 Å². The molecule has 0 unspecified atom stereocenters. The normalized spacial score (nSPS) is 10.2. The Morgan fingerprint density at radius 1 is 0.900 bits per heavy atom. The number of aryl methyl sites for hydroxylation is 1. The van der Waals surface area contributed by atoms with Crippen molar-refractivity contribution in [2.24, 2.45) is 0 Å². The summed E-state index contributed by atoms with van der Waals surface area (Å²) >= 11 is 3.47. The quantitative estimate of drug-likeness (QED) is 0.812. The van der Waals surface area contributed by atoms with Gasteiger partial charge < -0.3 is 14.2 Å². The van der Waals surface area contributed by atoms with Crippen molar-refractivity contribution in [3.05, 3.63) is 52.0 Å². The molecule has 0 amide bonds. The van der Waals surface area contributed by atoms with Gasteiger partial charge in [-0.1, -0.05) is 12.1 Å². The topological polar surface area (TPSA) is 27.7 Å². The lowest BCUT2D eigenvalue weighted by Gasteiger charge is -2.12. The maximum atomic E-state index is 5.81. The van der Waals surface area contributed by atoms with Crippen molar-refractivity contribution < 1.29 is 14.2 Å². The molecule has 2 rings (SSSR count). The molecule has 0 spiro atoms. The Kier molecular flexibility index (Phi) is 4.90. The van der Waals surface area contributed by atoms with Crippen LogP contribution in [0.3, 0.4) is 0 Å². The van der Waals surface area contributed by atoms with E-state index in [4.69, 9.17) is 14.2 Å². The minimum Gasteiger partial charge on any atom is -0.496 e. The van der Waals surface area contributed by atoms with Gasteiger partial charge in [0.15, 0.2) is 11.5 Å². The van der Waals surface area contributed by atoms with Crippen LogP contribution < -0.4 is 14.2 Å². The first kappa shape index (κ1) is 14.7. The molecular weight excluding hydrogens is 320 g/mol. The Hall–Kier alpha value is -1.68. The molecule has 0 saturated heterocycles. The molecule has 0 aliphatic rings. The maximum absolute atomic E-state index is 5.81. The third-order valence-electron chi connectivity index (χ3n) is 2.93. The van der Waals surface area contributed by atoms with E-state index >= 15 is 0 Å². The van der Waals surface area contributed by atoms with Crippen molar-refractivity contribution in [1.29, 1.82) is 0 Å². The Morgan fingerprint density at radius 3 is 2.25 bits per heavy atom. The molecule has 0 fully saturated rings. The van der Waals surface area contributed by atoms with Crippen LogP contribution in [-0.4, -0.2) is 14.2 Å². The summed E-state index contributed by atoms with van der Waals surface area (Å²) in [4.78, 5) is 0. The number of hydrogen-bond acceptors (Lipinski definition) is 3. The average molecular weight is 337 g/mol. The second-order valence-electron chi connectivity index (χ2n) is 4.41. The van der Waals surface area contributed by atoms with Gasteiger partial charge in [0.25, 0.3) is 0 Å². The van der Waals surface area contributed by atoms with Crippen molar-refractivity contribution in [3.8, 4) is 17.2 Å². The van der Waals surface area contributed by atoms with E-state index in [1.54, 1.807) is 14.2 Å². The first-order valence-electron chi connectivity index (χ1n) is 6.24. The fourth-order valence-electron chi connectivity index (χ4n) is 1.85. The van der Waals surface area contributed by atoms with E-state index in [1.807, 2.05) is 43.3 Å². The van der Waals surface area contributed by atoms with Gasteiger partial charge in [0.05, 0.1) is 18.7 Å². The van der Waals surface area contributed by atoms with Crippen LogP contribution in [0.5, 0.6) is 17.2 Å². The standard InChI is InChI=1S/C16H17BrO3/c1-11-4-6-15(16(8-11)19-3)20-10-12-5-7-14(18-2)13(17)9-12/h4-9H,10H2,1-3H3. The van der Waals surface area contributed by atoms with Gasteiger partial charge in [-0.05, 0) is 58.2 Å². The molecule has 106 valence electrons. The lowest BCUT2D eigenvalue weighted by molar-refractivity contribution is 0.284. The highest BCUT2D eigenvalue weighted by molar-refractivity contribution is 9.10. The highest BCUT2D eigenvalue weighted by Crippen LogP contribution is 2.30. The van der Waals surface area contributed by atoms with Crippen molar-refractivity contribution >= 4 is 15.9 Å². The predicted molar refractivity (Wildman–Crippen MR) is 82.8 cm³/mol. The molecule has 4 heteroatoms. The summed E-state index contributed by atoms with van der Waals surface area (Å²) in [6, 6.07) is 11.8. The van der Waals surface area contributed by atoms with E-state index in [2.05, 4.69) is 15.9 Å². The third kappa shape index (κ3) is 3.45. The van der Waals surface area contributed by atoms with Crippen LogP contribution >= 0.6 is 15.9 Å². The van der Waals surface area contributed by atoms with Crippen molar-refractivity contribution in [1.82, 2.24) is 0 Å². The van der Waals surface area contributed by atoms with Crippen molar-refractivity contribution in [2.45, 2.75) is 13.5 Å². The fourth-order valence-corrected chi connectivity index (χ4v) is 2.44. The second-order valence-corrected chi connectivity index (χ2v) is 5.27. The van der Waals surface area contributed by atoms with Crippen molar-refractivity contribution in [3.63, 3.8) is 0 Å². The zero-order valence-electron chi connectivity index (χ0n) is 11.8. The van der Waals surface area contributed by atoms with Crippen LogP contribution in [0.4, 0.5) is 0 Å². The van der Waals surface area contributed by atoms with Crippen LogP contribution in [-0.2, 0) is 6.61 Å². The van der Waals surface area contributed by atoms with E-state index < -0.39 is 0 Å². The lowest BCUT2D eigenvalue weighted by atomic mass is 10.2. The fraction of sp³-hybridized carbons (Fsp3) is 0.250. The summed E-state index contributed by atoms with van der Waals surface area (Å²) in [5, 5.41) is 0. The summed E-state index contributed by atoms with van der Waals surface area (Å²) in [5.74, 6) is 2.30. The van der Waals surface area contributed by atoms with Crippen LogP contribution in [0, 0.1) is 6.92 Å². The summed E-state index contributed by atoms with van der Waals surface area (Å²) in [6.45, 7) is 2.49. The first-order chi connectivity index (χ1) is 9.63. The van der Waals surface area contributed by atoms with Gasteiger partial charge in [0.2, 0.25) is 0 Å². The number of halogens is 1. The molecule has 0 saturated carbocycles. The Labute approximate surface area is 127 Å². The molecule has 0 aliphatic carbocycles. The molecule has 3 nitrogen and oxygen atoms in total. The van der Waals surface area contributed by atoms with Crippen LogP contribution in [0.1, 0.15) is 11.1 Å². The van der Waals surface area contributed by atoms with Crippen LogP contribution in [0.2, 0.25) is 0 Å². The van der Waals surface area contributed by atoms with Crippen LogP contribution in [0.25, 0.3) is 0 Å². The highest BCUT2D eigenvalue weighted by Gasteiger charge is 2.06. The minimum absolute atomic E-state index is 0.474. The number of methoxy groups -OCH3 is 2. The molecule has 0 heterocycles. The van der Waals surface area contributed by atoms with Gasteiger partial charge in [0.1, 0.15) is 12.4 Å². The molecule has 0 radical (unpaired) electrons. The zero-order chi connectivity index (χ0) is 14.5. The van der Waals surface area contributed by atoms with Gasteiger partial charge in [-0.3, -0.25) is 0 Å². The summed E-state index contributed by atoms with van der Waals surface area (Å²) < 4.78 is 17.3. The van der Waals surface area contributed by atoms with Gasteiger partial charge in [0, 0.05) is 0 Å². The number of hydrogen-bond donors (Lipinski definition) is 0. The Balaban J connectivity index is 2.10. The zero-order valence-corrected chi connectivity index (χ0v) is 13.4. The molecule has 0 atom stereocenters. The summed E-state index contributed by atoms with van der Waals surface area (Å²) in [6.07, 6.45) is 0. The molecule has 2 aromatic rings. The van der Waals surface area contributed by atoms with E-state index in [0.717, 1.165) is 32.8 Å². The monoisotopic (exact) mass is 336 g/mol. The minimum atomic E-state index is 0.474. The van der Waals surface area contributed by atoms with Gasteiger partial charge >= 0.3 is 0 Å². The molecule has 2 aromatic carbocycles. The maximum Gasteiger partial charge on any atom is 0.161 e. The number of rotatable bonds is 5. The predicted octanol–water partition coefficient (Wildman–Crippen LogP) is 4.35. The molecule has 20 heavy (non-hydrogen) atoms. The lowest BCUT2D eigenvalue weighted by Crippen LogP contribution is -1.98. The first-order valence-corrected chi connectivity index (χ1v) is 7.03. The van der Waals surface area contributed by atoms with E-state index in [-0.39, 0.29) is 0 Å². The summed E-state index contributed by atoms with van der Waals surface area (Å²) in [5.41, 5.74) is 2.20. The van der Waals surface area contributed by atoms with Gasteiger partial charge in [-0.2, -0.15) is 0 Å². The SMILES string of the molecule is COc1ccc(COc2ccc(C)cc2OC)cc1Br.